The number of ether oxygens (including phenoxy) is 3. The Morgan fingerprint density at radius 2 is 1.42 bits per heavy atom. The Morgan fingerprint density at radius 1 is 0.808 bits per heavy atom. The third-order valence-electron chi connectivity index (χ3n) is 3.45. The number of anilines is 2. The van der Waals surface area contributed by atoms with Crippen molar-refractivity contribution in [1.82, 2.24) is 0 Å². The first kappa shape index (κ1) is 19.4. The standard InChI is InChI=1S/C20H26N2O4/c1-4-24-17-10-7-15(8-11-17)21-14-20(23)22-16-9-12-18(25-5-2)19(13-16)26-6-3/h7-13,21H,4-6,14H2,1-3H3,(H,22,23). The molecule has 0 aliphatic carbocycles. The fourth-order valence-corrected chi connectivity index (χ4v) is 2.35. The zero-order valence-electron chi connectivity index (χ0n) is 15.5. The van der Waals surface area contributed by atoms with E-state index in [9.17, 15) is 4.79 Å². The van der Waals surface area contributed by atoms with Gasteiger partial charge in [-0.1, -0.05) is 0 Å². The summed E-state index contributed by atoms with van der Waals surface area (Å²) >= 11 is 0. The summed E-state index contributed by atoms with van der Waals surface area (Å²) in [5.74, 6) is 1.94. The Bertz CT molecular complexity index is 701. The van der Waals surface area contributed by atoms with Crippen molar-refractivity contribution < 1.29 is 19.0 Å². The molecule has 0 saturated carbocycles. The molecule has 0 aliphatic heterocycles. The SMILES string of the molecule is CCOc1ccc(NCC(=O)Nc2ccc(OCC)c(OCC)c2)cc1. The summed E-state index contributed by atoms with van der Waals surface area (Å²) in [6.45, 7) is 7.62. The topological polar surface area (TPSA) is 68.8 Å². The number of hydrogen-bond donors (Lipinski definition) is 2. The lowest BCUT2D eigenvalue weighted by Crippen LogP contribution is -2.21. The second-order valence-corrected chi connectivity index (χ2v) is 5.39. The first-order chi connectivity index (χ1) is 12.7. The second-order valence-electron chi connectivity index (χ2n) is 5.39. The monoisotopic (exact) mass is 358 g/mol. The number of nitrogens with one attached hydrogen (secondary N) is 2. The highest BCUT2D eigenvalue weighted by molar-refractivity contribution is 5.94. The van der Waals surface area contributed by atoms with E-state index < -0.39 is 0 Å². The summed E-state index contributed by atoms with van der Waals surface area (Å²) in [6.07, 6.45) is 0. The van der Waals surface area contributed by atoms with Crippen LogP contribution >= 0.6 is 0 Å². The lowest BCUT2D eigenvalue weighted by Gasteiger charge is -2.13. The Balaban J connectivity index is 1.91. The van der Waals surface area contributed by atoms with Crippen molar-refractivity contribution in [2.45, 2.75) is 20.8 Å². The van der Waals surface area contributed by atoms with Crippen LogP contribution < -0.4 is 24.8 Å². The summed E-state index contributed by atoms with van der Waals surface area (Å²) in [7, 11) is 0. The third-order valence-corrected chi connectivity index (χ3v) is 3.45. The molecule has 0 bridgehead atoms. The van der Waals surface area contributed by atoms with Gasteiger partial charge in [-0.05, 0) is 57.2 Å². The van der Waals surface area contributed by atoms with Gasteiger partial charge in [0, 0.05) is 17.4 Å². The molecule has 6 heteroatoms. The largest absolute Gasteiger partial charge is 0.494 e. The van der Waals surface area contributed by atoms with Crippen LogP contribution in [0.1, 0.15) is 20.8 Å². The predicted molar refractivity (Wildman–Crippen MR) is 104 cm³/mol. The van der Waals surface area contributed by atoms with Crippen molar-refractivity contribution in [3.63, 3.8) is 0 Å². The molecular formula is C20H26N2O4. The van der Waals surface area contributed by atoms with E-state index in [-0.39, 0.29) is 12.5 Å². The molecule has 0 saturated heterocycles. The average Bonchev–Trinajstić information content (AvgIpc) is 2.64. The van der Waals surface area contributed by atoms with Gasteiger partial charge in [0.15, 0.2) is 11.5 Å². The minimum atomic E-state index is -0.148. The molecule has 2 aromatic carbocycles. The van der Waals surface area contributed by atoms with E-state index in [1.165, 1.54) is 0 Å². The van der Waals surface area contributed by atoms with Gasteiger partial charge in [-0.15, -0.1) is 0 Å². The summed E-state index contributed by atoms with van der Waals surface area (Å²) in [5.41, 5.74) is 1.51. The van der Waals surface area contributed by atoms with Gasteiger partial charge in [0.25, 0.3) is 0 Å². The van der Waals surface area contributed by atoms with Gasteiger partial charge in [-0.3, -0.25) is 4.79 Å². The lowest BCUT2D eigenvalue weighted by molar-refractivity contribution is -0.114. The van der Waals surface area contributed by atoms with Crippen LogP contribution in [0, 0.1) is 0 Å². The maximum absolute atomic E-state index is 12.2. The normalized spacial score (nSPS) is 10.1. The van der Waals surface area contributed by atoms with E-state index >= 15 is 0 Å². The first-order valence-corrected chi connectivity index (χ1v) is 8.82. The van der Waals surface area contributed by atoms with E-state index in [1.54, 1.807) is 18.2 Å². The minimum Gasteiger partial charge on any atom is -0.494 e. The fraction of sp³-hybridized carbons (Fsp3) is 0.350. The van der Waals surface area contributed by atoms with Gasteiger partial charge in [-0.2, -0.15) is 0 Å². The number of amides is 1. The van der Waals surface area contributed by atoms with Crippen molar-refractivity contribution >= 4 is 17.3 Å². The average molecular weight is 358 g/mol. The van der Waals surface area contributed by atoms with Crippen LogP contribution in [-0.2, 0) is 4.79 Å². The molecule has 26 heavy (non-hydrogen) atoms. The molecular weight excluding hydrogens is 332 g/mol. The highest BCUT2D eigenvalue weighted by Crippen LogP contribution is 2.30. The minimum absolute atomic E-state index is 0.148. The van der Waals surface area contributed by atoms with E-state index in [0.717, 1.165) is 11.4 Å². The highest BCUT2D eigenvalue weighted by Gasteiger charge is 2.08. The zero-order chi connectivity index (χ0) is 18.8. The molecule has 0 spiro atoms. The quantitative estimate of drug-likeness (QED) is 0.673. The van der Waals surface area contributed by atoms with Crippen LogP contribution in [0.3, 0.4) is 0 Å². The molecule has 2 aromatic rings. The van der Waals surface area contributed by atoms with Crippen molar-refractivity contribution in [3.05, 3.63) is 42.5 Å². The van der Waals surface area contributed by atoms with Gasteiger partial charge >= 0.3 is 0 Å². The Morgan fingerprint density at radius 3 is 2.08 bits per heavy atom. The molecule has 0 unspecified atom stereocenters. The van der Waals surface area contributed by atoms with E-state index in [1.807, 2.05) is 45.0 Å². The van der Waals surface area contributed by atoms with Crippen molar-refractivity contribution in [2.24, 2.45) is 0 Å². The maximum Gasteiger partial charge on any atom is 0.243 e. The smallest absolute Gasteiger partial charge is 0.243 e. The molecule has 1 amide bonds. The van der Waals surface area contributed by atoms with Gasteiger partial charge in [0.05, 0.1) is 26.4 Å². The molecule has 140 valence electrons. The number of benzene rings is 2. The van der Waals surface area contributed by atoms with E-state index in [2.05, 4.69) is 10.6 Å². The van der Waals surface area contributed by atoms with E-state index in [4.69, 9.17) is 14.2 Å². The number of carbonyl (C=O) groups is 1. The van der Waals surface area contributed by atoms with Crippen LogP contribution in [0.5, 0.6) is 17.2 Å². The first-order valence-electron chi connectivity index (χ1n) is 8.82. The van der Waals surface area contributed by atoms with E-state index in [0.29, 0.717) is 37.0 Å². The van der Waals surface area contributed by atoms with Gasteiger partial charge in [0.2, 0.25) is 5.91 Å². The molecule has 0 aliphatic rings. The molecule has 0 atom stereocenters. The van der Waals surface area contributed by atoms with Crippen LogP contribution in [0.15, 0.2) is 42.5 Å². The van der Waals surface area contributed by atoms with Crippen molar-refractivity contribution in [2.75, 3.05) is 37.0 Å². The summed E-state index contributed by atoms with van der Waals surface area (Å²) in [4.78, 5) is 12.2. The number of carbonyl (C=O) groups excluding carboxylic acids is 1. The Labute approximate surface area is 154 Å². The molecule has 0 radical (unpaired) electrons. The van der Waals surface area contributed by atoms with Gasteiger partial charge in [0.1, 0.15) is 5.75 Å². The molecule has 2 rings (SSSR count). The summed E-state index contributed by atoms with van der Waals surface area (Å²) < 4.78 is 16.5. The van der Waals surface area contributed by atoms with Crippen molar-refractivity contribution in [3.8, 4) is 17.2 Å². The molecule has 2 N–H and O–H groups in total. The summed E-state index contributed by atoms with van der Waals surface area (Å²) in [6, 6.07) is 12.8. The Kier molecular flexibility index (Phi) is 7.61. The molecule has 0 aromatic heterocycles. The Hall–Kier alpha value is -2.89. The van der Waals surface area contributed by atoms with Crippen molar-refractivity contribution in [1.29, 1.82) is 0 Å². The highest BCUT2D eigenvalue weighted by atomic mass is 16.5. The second kappa shape index (κ2) is 10.2. The van der Waals surface area contributed by atoms with Gasteiger partial charge in [-0.25, -0.2) is 0 Å². The maximum atomic E-state index is 12.2. The summed E-state index contributed by atoms with van der Waals surface area (Å²) in [5, 5.41) is 5.93. The van der Waals surface area contributed by atoms with Crippen LogP contribution in [-0.4, -0.2) is 32.3 Å². The predicted octanol–water partition coefficient (Wildman–Crippen LogP) is 3.93. The molecule has 6 nitrogen and oxygen atoms in total. The number of rotatable bonds is 10. The van der Waals surface area contributed by atoms with Crippen LogP contribution in [0.2, 0.25) is 0 Å². The van der Waals surface area contributed by atoms with Gasteiger partial charge < -0.3 is 24.8 Å². The lowest BCUT2D eigenvalue weighted by atomic mass is 10.2. The molecule has 0 heterocycles. The zero-order valence-corrected chi connectivity index (χ0v) is 15.5. The van der Waals surface area contributed by atoms with Crippen LogP contribution in [0.25, 0.3) is 0 Å². The third kappa shape index (κ3) is 5.88. The number of hydrogen-bond acceptors (Lipinski definition) is 5. The molecule has 0 fully saturated rings. The van der Waals surface area contributed by atoms with Crippen LogP contribution in [0.4, 0.5) is 11.4 Å². The fourth-order valence-electron chi connectivity index (χ4n) is 2.35.